The van der Waals surface area contributed by atoms with Crippen molar-refractivity contribution in [1.29, 1.82) is 0 Å². The fourth-order valence-corrected chi connectivity index (χ4v) is 4.05. The van der Waals surface area contributed by atoms with E-state index in [0.29, 0.717) is 78.9 Å². The molecule has 160 valence electrons. The van der Waals surface area contributed by atoms with E-state index in [1.807, 2.05) is 0 Å². The van der Waals surface area contributed by atoms with Crippen LogP contribution in [0.3, 0.4) is 0 Å². The van der Waals surface area contributed by atoms with Gasteiger partial charge in [-0.15, -0.1) is 0 Å². The number of urea groups is 3. The van der Waals surface area contributed by atoms with Crippen molar-refractivity contribution in [1.82, 2.24) is 40.0 Å². The van der Waals surface area contributed by atoms with E-state index in [1.165, 1.54) is 0 Å². The highest BCUT2D eigenvalue weighted by molar-refractivity contribution is 5.80. The highest BCUT2D eigenvalue weighted by Crippen LogP contribution is 2.14. The fourth-order valence-electron chi connectivity index (χ4n) is 4.05. The van der Waals surface area contributed by atoms with Gasteiger partial charge in [-0.05, 0) is 6.42 Å². The van der Waals surface area contributed by atoms with Gasteiger partial charge in [0.05, 0.1) is 26.7 Å². The Hall–Kier alpha value is -2.76. The number of rotatable bonds is 8. The first kappa shape index (κ1) is 19.6. The third-order valence-corrected chi connectivity index (χ3v) is 5.77. The van der Waals surface area contributed by atoms with Crippen LogP contribution in [0.15, 0.2) is 0 Å². The maximum absolute atomic E-state index is 12.5. The van der Waals surface area contributed by atoms with Crippen LogP contribution < -0.4 is 10.6 Å². The van der Waals surface area contributed by atoms with E-state index in [9.17, 15) is 19.2 Å². The van der Waals surface area contributed by atoms with Crippen molar-refractivity contribution in [2.24, 2.45) is 0 Å². The van der Waals surface area contributed by atoms with E-state index in [4.69, 9.17) is 0 Å². The van der Waals surface area contributed by atoms with Crippen molar-refractivity contribution in [3.05, 3.63) is 0 Å². The first-order chi connectivity index (χ1) is 14.0. The number of hydrogen-bond acceptors (Lipinski definition) is 5. The van der Waals surface area contributed by atoms with Crippen LogP contribution in [0.25, 0.3) is 0 Å². The average Bonchev–Trinajstić information content (AvgIpc) is 3.46. The summed E-state index contributed by atoms with van der Waals surface area (Å²) in [5, 5.41) is 5.89. The molecular weight excluding hydrogens is 380 g/mol. The van der Waals surface area contributed by atoms with Gasteiger partial charge in [0.25, 0.3) is 0 Å². The number of carbonyl (C=O) groups is 4. The summed E-state index contributed by atoms with van der Waals surface area (Å²) in [7, 11) is 0. The molecule has 0 unspecified atom stereocenters. The van der Waals surface area contributed by atoms with Crippen molar-refractivity contribution < 1.29 is 19.2 Å². The Morgan fingerprint density at radius 2 is 1.28 bits per heavy atom. The predicted octanol–water partition coefficient (Wildman–Crippen LogP) is -1.47. The molecule has 4 aliphatic rings. The Bertz CT molecular complexity index is 632. The normalized spacial score (nSPS) is 22.8. The summed E-state index contributed by atoms with van der Waals surface area (Å²) in [5.41, 5.74) is 0. The molecule has 0 aromatic rings. The minimum absolute atomic E-state index is 0.0911. The van der Waals surface area contributed by atoms with Gasteiger partial charge in [-0.1, -0.05) is 0 Å². The van der Waals surface area contributed by atoms with Crippen molar-refractivity contribution in [3.63, 3.8) is 0 Å². The minimum atomic E-state index is -0.137. The minimum Gasteiger partial charge on any atom is -0.336 e. The molecule has 12 nitrogen and oxygen atoms in total. The number of nitrogens with zero attached hydrogens (tertiary/aromatic N) is 6. The van der Waals surface area contributed by atoms with Gasteiger partial charge in [-0.2, -0.15) is 0 Å². The number of hydrogen-bond donors (Lipinski definition) is 2. The summed E-state index contributed by atoms with van der Waals surface area (Å²) in [4.78, 5) is 58.5. The van der Waals surface area contributed by atoms with Crippen LogP contribution >= 0.6 is 0 Å². The van der Waals surface area contributed by atoms with Gasteiger partial charge in [-0.3, -0.25) is 10.1 Å². The van der Waals surface area contributed by atoms with Gasteiger partial charge in [-0.25, -0.2) is 14.4 Å². The van der Waals surface area contributed by atoms with E-state index in [0.717, 1.165) is 6.42 Å². The summed E-state index contributed by atoms with van der Waals surface area (Å²) >= 11 is 0. The van der Waals surface area contributed by atoms with E-state index < -0.39 is 0 Å². The molecule has 0 saturated carbocycles. The number of nitrogens with one attached hydrogen (secondary N) is 2. The smallest absolute Gasteiger partial charge is 0.322 e. The molecule has 0 aromatic carbocycles. The zero-order valence-corrected chi connectivity index (χ0v) is 16.5. The van der Waals surface area contributed by atoms with Gasteiger partial charge in [0.15, 0.2) is 0 Å². The second-order valence-electron chi connectivity index (χ2n) is 7.72. The molecular formula is C17H28N8O4. The van der Waals surface area contributed by atoms with Crippen molar-refractivity contribution in [2.75, 3.05) is 72.5 Å². The van der Waals surface area contributed by atoms with E-state index >= 15 is 0 Å². The van der Waals surface area contributed by atoms with Gasteiger partial charge in [0.2, 0.25) is 5.91 Å². The fraction of sp³-hybridized carbons (Fsp3) is 0.765. The van der Waals surface area contributed by atoms with E-state index in [1.54, 1.807) is 29.4 Å². The standard InChI is InChI=1S/C17H28N8O4/c26-14-2-1-4-22(14)12-24-8-6-20(16(24)28)10-18-11-21-7-9-25(17(21)29)13-23-5-3-19-15(23)27/h18H,1-13H2,(H,19,27). The molecule has 7 amide bonds. The molecule has 4 heterocycles. The highest BCUT2D eigenvalue weighted by atomic mass is 16.2. The molecule has 4 fully saturated rings. The zero-order valence-electron chi connectivity index (χ0n) is 16.5. The van der Waals surface area contributed by atoms with E-state index in [2.05, 4.69) is 10.6 Å². The average molecular weight is 408 g/mol. The summed E-state index contributed by atoms with van der Waals surface area (Å²) in [6.07, 6.45) is 1.42. The van der Waals surface area contributed by atoms with Crippen LogP contribution in [0.2, 0.25) is 0 Å². The molecule has 2 N–H and O–H groups in total. The summed E-state index contributed by atoms with van der Waals surface area (Å²) < 4.78 is 0. The lowest BCUT2D eigenvalue weighted by atomic mass is 10.4. The molecule has 0 bridgehead atoms. The van der Waals surface area contributed by atoms with Gasteiger partial charge >= 0.3 is 18.1 Å². The Labute approximate surface area is 169 Å². The first-order valence-corrected chi connectivity index (χ1v) is 10.1. The third kappa shape index (κ3) is 4.16. The number of amides is 7. The molecule has 0 aliphatic carbocycles. The largest absolute Gasteiger partial charge is 0.336 e. The number of likely N-dealkylation sites (tertiary alicyclic amines) is 1. The molecule has 4 aliphatic heterocycles. The van der Waals surface area contributed by atoms with Gasteiger partial charge in [0.1, 0.15) is 0 Å². The van der Waals surface area contributed by atoms with Crippen LogP contribution in [0.1, 0.15) is 12.8 Å². The van der Waals surface area contributed by atoms with Crippen LogP contribution in [0, 0.1) is 0 Å². The first-order valence-electron chi connectivity index (χ1n) is 10.1. The van der Waals surface area contributed by atoms with Crippen molar-refractivity contribution >= 4 is 24.0 Å². The molecule has 4 rings (SSSR count). The maximum atomic E-state index is 12.5. The summed E-state index contributed by atoms with van der Waals surface area (Å²) in [6.45, 7) is 5.63. The monoisotopic (exact) mass is 408 g/mol. The second kappa shape index (κ2) is 8.31. The summed E-state index contributed by atoms with van der Waals surface area (Å²) in [6, 6.07) is -0.340. The third-order valence-electron chi connectivity index (χ3n) is 5.77. The Kier molecular flexibility index (Phi) is 5.60. The maximum Gasteiger partial charge on any atom is 0.322 e. The van der Waals surface area contributed by atoms with Crippen LogP contribution in [-0.4, -0.2) is 126 Å². The highest BCUT2D eigenvalue weighted by Gasteiger charge is 2.34. The van der Waals surface area contributed by atoms with Crippen molar-refractivity contribution in [2.45, 2.75) is 12.8 Å². The topological polar surface area (TPSA) is 112 Å². The molecule has 0 radical (unpaired) electrons. The van der Waals surface area contributed by atoms with Crippen LogP contribution in [0.4, 0.5) is 14.4 Å². The molecule has 0 spiro atoms. The van der Waals surface area contributed by atoms with Gasteiger partial charge in [0, 0.05) is 52.2 Å². The Balaban J connectivity index is 1.17. The predicted molar refractivity (Wildman–Crippen MR) is 101 cm³/mol. The van der Waals surface area contributed by atoms with Gasteiger partial charge < -0.3 is 34.7 Å². The quantitative estimate of drug-likeness (QED) is 0.509. The lowest BCUT2D eigenvalue weighted by molar-refractivity contribution is -0.128. The SMILES string of the molecule is O=C1CCCN1CN1CCN(CNCN2CCN(CN3CCNC3=O)C2=O)C1=O. The van der Waals surface area contributed by atoms with Crippen LogP contribution in [0.5, 0.6) is 0 Å². The van der Waals surface area contributed by atoms with Crippen LogP contribution in [-0.2, 0) is 4.79 Å². The molecule has 0 atom stereocenters. The zero-order chi connectivity index (χ0) is 20.4. The number of carbonyl (C=O) groups excluding carboxylic acids is 4. The molecule has 12 heteroatoms. The lowest BCUT2D eigenvalue weighted by Crippen LogP contribution is -2.46. The molecule has 4 saturated heterocycles. The Morgan fingerprint density at radius 3 is 1.79 bits per heavy atom. The summed E-state index contributed by atoms with van der Waals surface area (Å²) in [5.74, 6) is 0.109. The molecule has 0 aromatic heterocycles. The molecule has 29 heavy (non-hydrogen) atoms. The Morgan fingerprint density at radius 1 is 0.690 bits per heavy atom. The van der Waals surface area contributed by atoms with E-state index in [-0.39, 0.29) is 24.0 Å². The second-order valence-corrected chi connectivity index (χ2v) is 7.72. The lowest BCUT2D eigenvalue weighted by Gasteiger charge is -2.25. The van der Waals surface area contributed by atoms with Crippen molar-refractivity contribution in [3.8, 4) is 0 Å².